The summed E-state index contributed by atoms with van der Waals surface area (Å²) in [7, 11) is 7.12. The lowest BCUT2D eigenvalue weighted by Gasteiger charge is -2.11. The maximum absolute atomic E-state index is 12.5. The van der Waals surface area contributed by atoms with Crippen molar-refractivity contribution < 1.29 is 38.4 Å². The second-order valence-electron chi connectivity index (χ2n) is 6.20. The number of rotatable bonds is 9. The molecule has 0 spiro atoms. The van der Waals surface area contributed by atoms with Gasteiger partial charge in [-0.05, 0) is 47.5 Å². The molecule has 0 aromatic heterocycles. The van der Waals surface area contributed by atoms with Gasteiger partial charge in [0.2, 0.25) is 0 Å². The fourth-order valence-electron chi connectivity index (χ4n) is 2.77. The normalized spacial score (nSPS) is 11.5. The van der Waals surface area contributed by atoms with E-state index in [1.807, 2.05) is 0 Å². The van der Waals surface area contributed by atoms with Crippen molar-refractivity contribution in [3.63, 3.8) is 0 Å². The van der Waals surface area contributed by atoms with Gasteiger partial charge < -0.3 is 28.8 Å². The van der Waals surface area contributed by atoms with Crippen LogP contribution in [-0.4, -0.2) is 52.6 Å². The van der Waals surface area contributed by atoms with Crippen molar-refractivity contribution in [3.8, 4) is 23.0 Å². The Morgan fingerprint density at radius 2 is 1.00 bits per heavy atom. The summed E-state index contributed by atoms with van der Waals surface area (Å²) in [6, 6.07) is 9.83. The molecule has 0 unspecified atom stereocenters. The molecule has 0 fully saturated rings. The van der Waals surface area contributed by atoms with Crippen molar-refractivity contribution in [2.45, 2.75) is 0 Å². The van der Waals surface area contributed by atoms with Crippen LogP contribution >= 0.6 is 0 Å². The highest BCUT2D eigenvalue weighted by Gasteiger charge is 2.22. The summed E-state index contributed by atoms with van der Waals surface area (Å²) < 4.78 is 25.8. The number of esters is 1. The first-order chi connectivity index (χ1) is 14.8. The molecule has 0 aliphatic rings. The van der Waals surface area contributed by atoms with E-state index in [1.165, 1.54) is 47.7 Å². The summed E-state index contributed by atoms with van der Waals surface area (Å²) in [6.07, 6.45) is 2.74. The Bertz CT molecular complexity index is 976. The van der Waals surface area contributed by atoms with Gasteiger partial charge in [0.05, 0.1) is 46.7 Å². The largest absolute Gasteiger partial charge is 0.497 e. The van der Waals surface area contributed by atoms with Crippen LogP contribution in [0, 0.1) is 0 Å². The van der Waals surface area contributed by atoms with Gasteiger partial charge >= 0.3 is 11.9 Å². The van der Waals surface area contributed by atoms with Crippen LogP contribution in [-0.2, 0) is 14.3 Å². The molecular formula is C23H24O8. The third-order valence-electron chi connectivity index (χ3n) is 4.30. The lowest BCUT2D eigenvalue weighted by atomic mass is 9.99. The standard InChI is InChI=1S/C23H24O8/c1-27-16-6-14(7-17(12-16)28-2)10-20(22(24)25)21(23(26)31-5)11-15-8-18(29-3)13-19(9-15)30-4/h6-13H,1-5H3,(H,24,25)/b20-10-,21-11-. The fourth-order valence-corrected chi connectivity index (χ4v) is 2.77. The van der Waals surface area contributed by atoms with Crippen molar-refractivity contribution in [2.24, 2.45) is 0 Å². The Morgan fingerprint density at radius 1 is 0.645 bits per heavy atom. The maximum Gasteiger partial charge on any atom is 0.338 e. The number of aliphatic carboxylic acids is 1. The first-order valence-corrected chi connectivity index (χ1v) is 9.06. The molecule has 8 nitrogen and oxygen atoms in total. The second kappa shape index (κ2) is 10.7. The van der Waals surface area contributed by atoms with Crippen LogP contribution in [0.1, 0.15) is 11.1 Å². The van der Waals surface area contributed by atoms with E-state index in [-0.39, 0.29) is 11.1 Å². The number of hydrogen-bond acceptors (Lipinski definition) is 7. The Balaban J connectivity index is 2.69. The molecule has 164 valence electrons. The molecule has 1 N–H and O–H groups in total. The van der Waals surface area contributed by atoms with E-state index in [2.05, 4.69) is 0 Å². The van der Waals surface area contributed by atoms with E-state index in [4.69, 9.17) is 23.7 Å². The number of carboxylic acid groups (broad SMARTS) is 1. The van der Waals surface area contributed by atoms with Gasteiger partial charge in [0.15, 0.2) is 0 Å². The minimum atomic E-state index is -1.31. The average Bonchev–Trinajstić information content (AvgIpc) is 2.79. The van der Waals surface area contributed by atoms with E-state index in [9.17, 15) is 14.7 Å². The van der Waals surface area contributed by atoms with E-state index < -0.39 is 11.9 Å². The molecule has 0 aliphatic heterocycles. The first kappa shape index (κ1) is 23.3. The summed E-state index contributed by atoms with van der Waals surface area (Å²) in [5.41, 5.74) is 0.523. The van der Waals surface area contributed by atoms with Crippen LogP contribution in [0.3, 0.4) is 0 Å². The number of methoxy groups -OCH3 is 5. The summed E-state index contributed by atoms with van der Waals surface area (Å²) in [4.78, 5) is 24.6. The van der Waals surface area contributed by atoms with Gasteiger partial charge in [0.25, 0.3) is 0 Å². The van der Waals surface area contributed by atoms with E-state index in [0.717, 1.165) is 0 Å². The molecule has 2 aromatic rings. The van der Waals surface area contributed by atoms with Gasteiger partial charge in [-0.1, -0.05) is 0 Å². The maximum atomic E-state index is 12.5. The molecule has 0 amide bonds. The number of benzene rings is 2. The molecule has 0 bridgehead atoms. The van der Waals surface area contributed by atoms with Crippen molar-refractivity contribution >= 4 is 24.1 Å². The number of ether oxygens (including phenoxy) is 5. The molecule has 0 heterocycles. The Hall–Kier alpha value is -3.94. The summed E-state index contributed by atoms with van der Waals surface area (Å²) in [5, 5.41) is 9.85. The van der Waals surface area contributed by atoms with Crippen LogP contribution in [0.2, 0.25) is 0 Å². The zero-order valence-electron chi connectivity index (χ0n) is 17.9. The van der Waals surface area contributed by atoms with Gasteiger partial charge in [-0.15, -0.1) is 0 Å². The van der Waals surface area contributed by atoms with Crippen molar-refractivity contribution in [2.75, 3.05) is 35.5 Å². The minimum absolute atomic E-state index is 0.160. The van der Waals surface area contributed by atoms with E-state index in [1.54, 1.807) is 36.4 Å². The van der Waals surface area contributed by atoms with Crippen LogP contribution in [0.15, 0.2) is 47.5 Å². The van der Waals surface area contributed by atoms with E-state index in [0.29, 0.717) is 34.1 Å². The van der Waals surface area contributed by atoms with Gasteiger partial charge in [0, 0.05) is 12.1 Å². The molecule has 0 aliphatic carbocycles. The first-order valence-electron chi connectivity index (χ1n) is 9.06. The number of hydrogen-bond donors (Lipinski definition) is 1. The molecule has 2 rings (SSSR count). The van der Waals surface area contributed by atoms with Gasteiger partial charge in [-0.2, -0.15) is 0 Å². The molecule has 2 aromatic carbocycles. The van der Waals surface area contributed by atoms with Crippen LogP contribution in [0.25, 0.3) is 12.2 Å². The molecular weight excluding hydrogens is 404 g/mol. The highest BCUT2D eigenvalue weighted by atomic mass is 16.5. The SMILES string of the molecule is COC(=O)C(=C\c1cc(OC)cc(OC)c1)/C(=C/c1cc(OC)cc(OC)c1)C(=O)O. The monoisotopic (exact) mass is 428 g/mol. The molecule has 0 saturated heterocycles. The lowest BCUT2D eigenvalue weighted by Crippen LogP contribution is -2.13. The van der Waals surface area contributed by atoms with Crippen molar-refractivity contribution in [1.29, 1.82) is 0 Å². The Kier molecular flexibility index (Phi) is 8.08. The van der Waals surface area contributed by atoms with E-state index >= 15 is 0 Å². The average molecular weight is 428 g/mol. The molecule has 31 heavy (non-hydrogen) atoms. The molecule has 0 atom stereocenters. The highest BCUT2D eigenvalue weighted by Crippen LogP contribution is 2.28. The van der Waals surface area contributed by atoms with Crippen LogP contribution < -0.4 is 18.9 Å². The predicted molar refractivity (Wildman–Crippen MR) is 115 cm³/mol. The zero-order chi connectivity index (χ0) is 23.0. The topological polar surface area (TPSA) is 101 Å². The minimum Gasteiger partial charge on any atom is -0.497 e. The third kappa shape index (κ3) is 6.02. The molecule has 8 heteroatoms. The van der Waals surface area contributed by atoms with Crippen molar-refractivity contribution in [3.05, 3.63) is 58.7 Å². The quantitative estimate of drug-likeness (QED) is 0.368. The number of carbonyl (C=O) groups is 2. The van der Waals surface area contributed by atoms with Gasteiger partial charge in [0.1, 0.15) is 23.0 Å². The zero-order valence-corrected chi connectivity index (χ0v) is 17.9. The smallest absolute Gasteiger partial charge is 0.338 e. The number of carboxylic acids is 1. The summed E-state index contributed by atoms with van der Waals surface area (Å²) in [5.74, 6) is -0.229. The second-order valence-corrected chi connectivity index (χ2v) is 6.20. The fraction of sp³-hybridized carbons (Fsp3) is 0.217. The third-order valence-corrected chi connectivity index (χ3v) is 4.30. The lowest BCUT2D eigenvalue weighted by molar-refractivity contribution is -0.138. The van der Waals surface area contributed by atoms with Crippen molar-refractivity contribution in [1.82, 2.24) is 0 Å². The Morgan fingerprint density at radius 3 is 1.29 bits per heavy atom. The predicted octanol–water partition coefficient (Wildman–Crippen LogP) is 3.45. The summed E-state index contributed by atoms with van der Waals surface area (Å²) >= 11 is 0. The van der Waals surface area contributed by atoms with Gasteiger partial charge in [-0.3, -0.25) is 0 Å². The highest BCUT2D eigenvalue weighted by molar-refractivity contribution is 6.12. The van der Waals surface area contributed by atoms with Gasteiger partial charge in [-0.25, -0.2) is 9.59 Å². The number of carbonyl (C=O) groups excluding carboxylic acids is 1. The summed E-state index contributed by atoms with van der Waals surface area (Å²) in [6.45, 7) is 0. The van der Waals surface area contributed by atoms with Crippen LogP contribution in [0.5, 0.6) is 23.0 Å². The van der Waals surface area contributed by atoms with Crippen LogP contribution in [0.4, 0.5) is 0 Å². The molecule has 0 radical (unpaired) electrons. The molecule has 0 saturated carbocycles. The Labute approximate surface area is 180 Å².